The molecule has 0 spiro atoms. The van der Waals surface area contributed by atoms with Crippen LogP contribution in [0.1, 0.15) is 24.1 Å². The molecule has 1 rings (SSSR count). The van der Waals surface area contributed by atoms with Gasteiger partial charge in [0.25, 0.3) is 0 Å². The molecule has 0 saturated carbocycles. The van der Waals surface area contributed by atoms with Crippen LogP contribution >= 0.6 is 0 Å². The predicted molar refractivity (Wildman–Crippen MR) is 48.7 cm³/mol. The maximum Gasteiger partial charge on any atom is 0.109 e. The van der Waals surface area contributed by atoms with E-state index < -0.39 is 12.7 Å². The first-order chi connectivity index (χ1) is 5.79. The van der Waals surface area contributed by atoms with Crippen LogP contribution in [0.2, 0.25) is 0 Å². The summed E-state index contributed by atoms with van der Waals surface area (Å²) in [7, 11) is 0. The molecule has 0 aliphatic heterocycles. The third kappa shape index (κ3) is 1.83. The second-order valence-electron chi connectivity index (χ2n) is 2.81. The molecule has 0 heterocycles. The average molecular weight is 167 g/mol. The zero-order valence-electron chi connectivity index (χ0n) is 7.26. The molecule has 1 aromatic rings. The summed E-state index contributed by atoms with van der Waals surface area (Å²) < 4.78 is 12.3. The van der Waals surface area contributed by atoms with Gasteiger partial charge in [-0.1, -0.05) is 31.2 Å². The fourth-order valence-corrected chi connectivity index (χ4v) is 1.30. The molecule has 0 bridgehead atoms. The van der Waals surface area contributed by atoms with E-state index in [2.05, 4.69) is 0 Å². The number of rotatable bonds is 3. The van der Waals surface area contributed by atoms with Gasteiger partial charge in [-0.25, -0.2) is 4.39 Å². The Labute approximate surface area is 72.4 Å². The molecule has 1 nitrogen and oxygen atoms in total. The molecule has 1 aromatic carbocycles. The quantitative estimate of drug-likeness (QED) is 0.734. The SMILES string of the molecule is CCc1ccccc1C(N)CF. The Bertz CT molecular complexity index is 247. The largest absolute Gasteiger partial charge is 0.322 e. The van der Waals surface area contributed by atoms with Gasteiger partial charge in [0, 0.05) is 0 Å². The second kappa shape index (κ2) is 4.21. The highest BCUT2D eigenvalue weighted by molar-refractivity contribution is 5.29. The summed E-state index contributed by atoms with van der Waals surface area (Å²) in [5.41, 5.74) is 7.67. The van der Waals surface area contributed by atoms with Gasteiger partial charge in [-0.05, 0) is 17.5 Å². The van der Waals surface area contributed by atoms with Crippen LogP contribution in [-0.4, -0.2) is 6.67 Å². The van der Waals surface area contributed by atoms with Crippen LogP contribution < -0.4 is 5.73 Å². The standard InChI is InChI=1S/C10H14FN/c1-2-8-5-3-4-6-9(8)10(12)7-11/h3-6,10H,2,7,12H2,1H3. The summed E-state index contributed by atoms with van der Waals surface area (Å²) in [6.07, 6.45) is 0.907. The number of hydrogen-bond acceptors (Lipinski definition) is 1. The van der Waals surface area contributed by atoms with Crippen molar-refractivity contribution in [3.05, 3.63) is 35.4 Å². The van der Waals surface area contributed by atoms with Crippen LogP contribution in [0.25, 0.3) is 0 Å². The minimum Gasteiger partial charge on any atom is -0.322 e. The Morgan fingerprint density at radius 3 is 2.67 bits per heavy atom. The normalized spacial score (nSPS) is 12.9. The number of aryl methyl sites for hydroxylation is 1. The third-order valence-corrected chi connectivity index (χ3v) is 2.00. The molecule has 1 atom stereocenters. The highest BCUT2D eigenvalue weighted by atomic mass is 19.1. The Balaban J connectivity index is 2.96. The summed E-state index contributed by atoms with van der Waals surface area (Å²) in [6, 6.07) is 7.27. The summed E-state index contributed by atoms with van der Waals surface area (Å²) in [5, 5.41) is 0. The molecular weight excluding hydrogens is 153 g/mol. The monoisotopic (exact) mass is 167 g/mol. The highest BCUT2D eigenvalue weighted by Crippen LogP contribution is 2.16. The molecule has 2 heteroatoms. The van der Waals surface area contributed by atoms with Gasteiger partial charge >= 0.3 is 0 Å². The van der Waals surface area contributed by atoms with Gasteiger partial charge in [-0.2, -0.15) is 0 Å². The van der Waals surface area contributed by atoms with Crippen molar-refractivity contribution < 1.29 is 4.39 Å². The van der Waals surface area contributed by atoms with Crippen molar-refractivity contribution >= 4 is 0 Å². The van der Waals surface area contributed by atoms with E-state index in [1.807, 2.05) is 31.2 Å². The lowest BCUT2D eigenvalue weighted by molar-refractivity contribution is 0.436. The van der Waals surface area contributed by atoms with E-state index in [0.29, 0.717) is 0 Å². The lowest BCUT2D eigenvalue weighted by Crippen LogP contribution is -2.14. The first-order valence-corrected chi connectivity index (χ1v) is 4.19. The first-order valence-electron chi connectivity index (χ1n) is 4.19. The number of nitrogens with two attached hydrogens (primary N) is 1. The maximum atomic E-state index is 12.3. The van der Waals surface area contributed by atoms with Gasteiger partial charge in [0.2, 0.25) is 0 Å². The van der Waals surface area contributed by atoms with Crippen molar-refractivity contribution in [2.45, 2.75) is 19.4 Å². The van der Waals surface area contributed by atoms with Crippen molar-refractivity contribution in [2.75, 3.05) is 6.67 Å². The molecule has 66 valence electrons. The summed E-state index contributed by atoms with van der Waals surface area (Å²) in [4.78, 5) is 0. The summed E-state index contributed by atoms with van der Waals surface area (Å²) in [5.74, 6) is 0. The number of alkyl halides is 1. The van der Waals surface area contributed by atoms with Gasteiger partial charge in [-0.15, -0.1) is 0 Å². The van der Waals surface area contributed by atoms with Crippen molar-refractivity contribution in [3.63, 3.8) is 0 Å². The van der Waals surface area contributed by atoms with E-state index in [1.165, 1.54) is 0 Å². The van der Waals surface area contributed by atoms with Gasteiger partial charge in [0.05, 0.1) is 6.04 Å². The van der Waals surface area contributed by atoms with Crippen molar-refractivity contribution in [2.24, 2.45) is 5.73 Å². The lowest BCUT2D eigenvalue weighted by atomic mass is 10.0. The summed E-state index contributed by atoms with van der Waals surface area (Å²) >= 11 is 0. The molecule has 0 saturated heterocycles. The second-order valence-corrected chi connectivity index (χ2v) is 2.81. The number of benzene rings is 1. The third-order valence-electron chi connectivity index (χ3n) is 2.00. The molecule has 0 fully saturated rings. The van der Waals surface area contributed by atoms with E-state index in [-0.39, 0.29) is 0 Å². The topological polar surface area (TPSA) is 26.0 Å². The Morgan fingerprint density at radius 2 is 2.08 bits per heavy atom. The number of hydrogen-bond donors (Lipinski definition) is 1. The van der Waals surface area contributed by atoms with Gasteiger partial charge in [-0.3, -0.25) is 0 Å². The van der Waals surface area contributed by atoms with E-state index in [0.717, 1.165) is 17.5 Å². The van der Waals surface area contributed by atoms with Crippen LogP contribution in [0, 0.1) is 0 Å². The Hall–Kier alpha value is -0.890. The number of halogens is 1. The van der Waals surface area contributed by atoms with E-state index in [4.69, 9.17) is 5.73 Å². The molecule has 2 N–H and O–H groups in total. The lowest BCUT2D eigenvalue weighted by Gasteiger charge is -2.11. The van der Waals surface area contributed by atoms with Crippen LogP contribution in [0.15, 0.2) is 24.3 Å². The molecule has 1 unspecified atom stereocenters. The van der Waals surface area contributed by atoms with Gasteiger partial charge in [0.1, 0.15) is 6.67 Å². The Kier molecular flexibility index (Phi) is 3.23. The predicted octanol–water partition coefficient (Wildman–Crippen LogP) is 2.22. The smallest absolute Gasteiger partial charge is 0.109 e. The van der Waals surface area contributed by atoms with Crippen LogP contribution in [0.4, 0.5) is 4.39 Å². The van der Waals surface area contributed by atoms with Crippen LogP contribution in [-0.2, 0) is 6.42 Å². The van der Waals surface area contributed by atoms with Crippen LogP contribution in [0.3, 0.4) is 0 Å². The van der Waals surface area contributed by atoms with Gasteiger partial charge in [0.15, 0.2) is 0 Å². The van der Waals surface area contributed by atoms with Gasteiger partial charge < -0.3 is 5.73 Å². The zero-order valence-corrected chi connectivity index (χ0v) is 7.26. The molecule has 12 heavy (non-hydrogen) atoms. The summed E-state index contributed by atoms with van der Waals surface area (Å²) in [6.45, 7) is 1.56. The minimum absolute atomic E-state index is 0.457. The Morgan fingerprint density at radius 1 is 1.42 bits per heavy atom. The maximum absolute atomic E-state index is 12.3. The van der Waals surface area contributed by atoms with Crippen molar-refractivity contribution in [1.82, 2.24) is 0 Å². The van der Waals surface area contributed by atoms with Crippen molar-refractivity contribution in [3.8, 4) is 0 Å². The molecule has 0 aliphatic carbocycles. The van der Waals surface area contributed by atoms with Crippen molar-refractivity contribution in [1.29, 1.82) is 0 Å². The zero-order chi connectivity index (χ0) is 8.97. The van der Waals surface area contributed by atoms with E-state index in [1.54, 1.807) is 0 Å². The molecule has 0 radical (unpaired) electrons. The molecular formula is C10H14FN. The molecule has 0 amide bonds. The van der Waals surface area contributed by atoms with E-state index in [9.17, 15) is 4.39 Å². The fourth-order valence-electron chi connectivity index (χ4n) is 1.30. The molecule has 0 aliphatic rings. The van der Waals surface area contributed by atoms with E-state index >= 15 is 0 Å². The minimum atomic E-state index is -0.489. The molecule has 0 aromatic heterocycles. The van der Waals surface area contributed by atoms with Crippen LogP contribution in [0.5, 0.6) is 0 Å². The fraction of sp³-hybridized carbons (Fsp3) is 0.400. The first kappa shape index (κ1) is 9.20. The average Bonchev–Trinajstić information content (AvgIpc) is 2.16. The highest BCUT2D eigenvalue weighted by Gasteiger charge is 2.07.